The Morgan fingerprint density at radius 3 is 2.00 bits per heavy atom. The van der Waals surface area contributed by atoms with E-state index in [1.807, 2.05) is 0 Å². The summed E-state index contributed by atoms with van der Waals surface area (Å²) in [7, 11) is 0. The molecule has 0 aliphatic carbocycles. The van der Waals surface area contributed by atoms with Gasteiger partial charge in [0.1, 0.15) is 0 Å². The lowest BCUT2D eigenvalue weighted by Crippen LogP contribution is -2.49. The summed E-state index contributed by atoms with van der Waals surface area (Å²) in [6.07, 6.45) is 0.259. The number of hydrogen-bond acceptors (Lipinski definition) is 3. The summed E-state index contributed by atoms with van der Waals surface area (Å²) in [6, 6.07) is 2.04. The van der Waals surface area contributed by atoms with Gasteiger partial charge in [0.05, 0.1) is 6.10 Å². The van der Waals surface area contributed by atoms with Crippen molar-refractivity contribution in [3.8, 4) is 0 Å². The van der Waals surface area contributed by atoms with Crippen molar-refractivity contribution >= 4 is 0 Å². The lowest BCUT2D eigenvalue weighted by molar-refractivity contribution is -0.207. The van der Waals surface area contributed by atoms with Crippen LogP contribution in [0.5, 0.6) is 0 Å². The summed E-state index contributed by atoms with van der Waals surface area (Å²) in [5.74, 6) is 0. The SMILES string of the molecule is CC1ON(C(C)C)CC(C)N(C(C)C)C1C. The second-order valence-corrected chi connectivity index (χ2v) is 5.63. The van der Waals surface area contributed by atoms with Crippen molar-refractivity contribution in [2.24, 2.45) is 0 Å². The van der Waals surface area contributed by atoms with E-state index in [-0.39, 0.29) is 6.10 Å². The fourth-order valence-corrected chi connectivity index (χ4v) is 2.65. The monoisotopic (exact) mass is 228 g/mol. The van der Waals surface area contributed by atoms with Gasteiger partial charge < -0.3 is 0 Å². The van der Waals surface area contributed by atoms with E-state index in [1.165, 1.54) is 0 Å². The normalized spacial score (nSPS) is 34.7. The van der Waals surface area contributed by atoms with Crippen LogP contribution in [-0.2, 0) is 4.84 Å². The first-order valence-electron chi connectivity index (χ1n) is 6.55. The maximum atomic E-state index is 6.03. The molecule has 1 heterocycles. The van der Waals surface area contributed by atoms with E-state index in [0.717, 1.165) is 6.54 Å². The van der Waals surface area contributed by atoms with Crippen LogP contribution in [0.25, 0.3) is 0 Å². The molecule has 0 saturated carbocycles. The van der Waals surface area contributed by atoms with Gasteiger partial charge in [0.15, 0.2) is 0 Å². The topological polar surface area (TPSA) is 15.7 Å². The Labute approximate surface area is 101 Å². The molecule has 96 valence electrons. The Balaban J connectivity index is 2.84. The van der Waals surface area contributed by atoms with Gasteiger partial charge in [-0.05, 0) is 48.5 Å². The van der Waals surface area contributed by atoms with Gasteiger partial charge >= 0.3 is 0 Å². The molecule has 3 nitrogen and oxygen atoms in total. The number of hydrogen-bond donors (Lipinski definition) is 0. The minimum atomic E-state index is 0.259. The highest BCUT2D eigenvalue weighted by Gasteiger charge is 2.34. The minimum Gasteiger partial charge on any atom is -0.294 e. The van der Waals surface area contributed by atoms with Crippen LogP contribution in [0.15, 0.2) is 0 Å². The molecule has 16 heavy (non-hydrogen) atoms. The minimum absolute atomic E-state index is 0.259. The summed E-state index contributed by atoms with van der Waals surface area (Å²) in [6.45, 7) is 16.6. The smallest absolute Gasteiger partial charge is 0.0917 e. The molecule has 1 rings (SSSR count). The van der Waals surface area contributed by atoms with Crippen molar-refractivity contribution < 1.29 is 4.84 Å². The van der Waals surface area contributed by atoms with Crippen LogP contribution in [0, 0.1) is 0 Å². The number of rotatable bonds is 2. The Hall–Kier alpha value is -0.120. The van der Waals surface area contributed by atoms with E-state index in [1.54, 1.807) is 0 Å². The molecular weight excluding hydrogens is 200 g/mol. The van der Waals surface area contributed by atoms with Crippen molar-refractivity contribution in [1.29, 1.82) is 0 Å². The third-order valence-corrected chi connectivity index (χ3v) is 3.58. The first-order valence-corrected chi connectivity index (χ1v) is 6.55. The van der Waals surface area contributed by atoms with Gasteiger partial charge in [-0.15, -0.1) is 0 Å². The first kappa shape index (κ1) is 13.9. The third kappa shape index (κ3) is 2.96. The molecule has 1 fully saturated rings. The van der Waals surface area contributed by atoms with Crippen molar-refractivity contribution in [2.75, 3.05) is 6.54 Å². The van der Waals surface area contributed by atoms with Gasteiger partial charge in [0.2, 0.25) is 0 Å². The zero-order valence-electron chi connectivity index (χ0n) is 11.9. The standard InChI is InChI=1S/C13H28N2O/c1-9(2)14-8-11(5)15(10(3)4)12(6)13(7)16-14/h9-13H,8H2,1-7H3. The van der Waals surface area contributed by atoms with Crippen LogP contribution < -0.4 is 0 Å². The average Bonchev–Trinajstić information content (AvgIpc) is 2.25. The molecule has 0 spiro atoms. The predicted molar refractivity (Wildman–Crippen MR) is 68.3 cm³/mol. The van der Waals surface area contributed by atoms with E-state index in [9.17, 15) is 0 Å². The molecule has 0 aromatic carbocycles. The molecule has 1 aliphatic heterocycles. The molecule has 0 bridgehead atoms. The lowest BCUT2D eigenvalue weighted by atomic mass is 10.1. The van der Waals surface area contributed by atoms with Crippen LogP contribution in [-0.4, -0.2) is 46.8 Å². The van der Waals surface area contributed by atoms with Gasteiger partial charge in [-0.25, -0.2) is 0 Å². The molecule has 3 heteroatoms. The number of hydroxylamine groups is 2. The van der Waals surface area contributed by atoms with Gasteiger partial charge in [-0.2, -0.15) is 5.06 Å². The number of nitrogens with zero attached hydrogens (tertiary/aromatic N) is 2. The van der Waals surface area contributed by atoms with Crippen LogP contribution >= 0.6 is 0 Å². The van der Waals surface area contributed by atoms with Crippen LogP contribution in [0.4, 0.5) is 0 Å². The van der Waals surface area contributed by atoms with Gasteiger partial charge in [-0.1, -0.05) is 0 Å². The van der Waals surface area contributed by atoms with Crippen LogP contribution in [0.1, 0.15) is 48.5 Å². The fraction of sp³-hybridized carbons (Fsp3) is 1.00. The molecular formula is C13H28N2O. The molecule has 1 aliphatic rings. The van der Waals surface area contributed by atoms with E-state index in [0.29, 0.717) is 24.2 Å². The summed E-state index contributed by atoms with van der Waals surface area (Å²) in [5, 5.41) is 2.13. The zero-order chi connectivity index (χ0) is 12.5. The Morgan fingerprint density at radius 2 is 1.56 bits per heavy atom. The second kappa shape index (κ2) is 5.48. The summed E-state index contributed by atoms with van der Waals surface area (Å²) in [4.78, 5) is 8.59. The van der Waals surface area contributed by atoms with Gasteiger partial charge in [0.25, 0.3) is 0 Å². The largest absolute Gasteiger partial charge is 0.294 e. The maximum absolute atomic E-state index is 6.03. The van der Waals surface area contributed by atoms with Gasteiger partial charge in [-0.3, -0.25) is 9.74 Å². The highest BCUT2D eigenvalue weighted by molar-refractivity contribution is 4.84. The van der Waals surface area contributed by atoms with E-state index in [2.05, 4.69) is 58.4 Å². The average molecular weight is 228 g/mol. The molecule has 1 saturated heterocycles. The van der Waals surface area contributed by atoms with E-state index < -0.39 is 0 Å². The highest BCUT2D eigenvalue weighted by atomic mass is 16.7. The molecule has 0 aromatic heterocycles. The van der Waals surface area contributed by atoms with Crippen LogP contribution in [0.3, 0.4) is 0 Å². The Bertz CT molecular complexity index is 218. The highest BCUT2D eigenvalue weighted by Crippen LogP contribution is 2.22. The lowest BCUT2D eigenvalue weighted by Gasteiger charge is -2.36. The van der Waals surface area contributed by atoms with Crippen molar-refractivity contribution in [1.82, 2.24) is 9.96 Å². The predicted octanol–water partition coefficient (Wildman–Crippen LogP) is 2.52. The molecule has 3 atom stereocenters. The first-order chi connectivity index (χ1) is 7.34. The summed E-state index contributed by atoms with van der Waals surface area (Å²) >= 11 is 0. The maximum Gasteiger partial charge on any atom is 0.0917 e. The van der Waals surface area contributed by atoms with Crippen molar-refractivity contribution in [3.63, 3.8) is 0 Å². The summed E-state index contributed by atoms with van der Waals surface area (Å²) in [5.41, 5.74) is 0. The Kier molecular flexibility index (Phi) is 4.77. The van der Waals surface area contributed by atoms with Crippen LogP contribution in [0.2, 0.25) is 0 Å². The third-order valence-electron chi connectivity index (χ3n) is 3.58. The van der Waals surface area contributed by atoms with Crippen molar-refractivity contribution in [3.05, 3.63) is 0 Å². The second-order valence-electron chi connectivity index (χ2n) is 5.63. The van der Waals surface area contributed by atoms with E-state index in [4.69, 9.17) is 4.84 Å². The quantitative estimate of drug-likeness (QED) is 0.722. The fourth-order valence-electron chi connectivity index (χ4n) is 2.65. The van der Waals surface area contributed by atoms with E-state index >= 15 is 0 Å². The summed E-state index contributed by atoms with van der Waals surface area (Å²) < 4.78 is 0. The van der Waals surface area contributed by atoms with Gasteiger partial charge in [0, 0.05) is 30.7 Å². The molecule has 0 N–H and O–H groups in total. The molecule has 3 unspecified atom stereocenters. The molecule has 0 aromatic rings. The molecule has 0 radical (unpaired) electrons. The zero-order valence-corrected chi connectivity index (χ0v) is 11.9. The Morgan fingerprint density at radius 1 is 1.00 bits per heavy atom. The van der Waals surface area contributed by atoms with Crippen molar-refractivity contribution in [2.45, 2.75) is 78.7 Å². The molecule has 0 amide bonds.